The predicted molar refractivity (Wildman–Crippen MR) is 93.6 cm³/mol. The fourth-order valence-electron chi connectivity index (χ4n) is 3.14. The van der Waals surface area contributed by atoms with Crippen molar-refractivity contribution in [1.82, 2.24) is 10.2 Å². The molecule has 0 unspecified atom stereocenters. The Balaban J connectivity index is 1.50. The molecule has 1 amide bonds. The molecule has 1 saturated carbocycles. The van der Waals surface area contributed by atoms with Gasteiger partial charge in [0.15, 0.2) is 0 Å². The minimum absolute atomic E-state index is 0.00238. The standard InChI is InChI=1S/C19H29FN2O2/c1-22(17-6-3-2-4-7-17)14-5-13-21-19(23)12-15-24-18-10-8-16(20)9-11-18/h8-11,17H,2-7,12-15H2,1H3,(H,21,23). The molecule has 0 aromatic heterocycles. The molecular weight excluding hydrogens is 307 g/mol. The number of benzene rings is 1. The zero-order valence-electron chi connectivity index (χ0n) is 14.6. The Morgan fingerprint density at radius 1 is 1.25 bits per heavy atom. The van der Waals surface area contributed by atoms with E-state index >= 15 is 0 Å². The van der Waals surface area contributed by atoms with Crippen LogP contribution in [-0.4, -0.2) is 43.6 Å². The fraction of sp³-hybridized carbons (Fsp3) is 0.632. The van der Waals surface area contributed by atoms with Crippen LogP contribution in [0, 0.1) is 5.82 Å². The lowest BCUT2D eigenvalue weighted by atomic mass is 9.94. The number of hydrogen-bond donors (Lipinski definition) is 1. The van der Waals surface area contributed by atoms with Gasteiger partial charge in [-0.25, -0.2) is 4.39 Å². The number of rotatable bonds is 9. The molecule has 24 heavy (non-hydrogen) atoms. The van der Waals surface area contributed by atoms with Crippen LogP contribution >= 0.6 is 0 Å². The maximum absolute atomic E-state index is 12.8. The first kappa shape index (κ1) is 18.7. The van der Waals surface area contributed by atoms with Crippen LogP contribution in [0.3, 0.4) is 0 Å². The van der Waals surface area contributed by atoms with Crippen molar-refractivity contribution in [2.75, 3.05) is 26.7 Å². The molecule has 0 bridgehead atoms. The molecule has 1 fully saturated rings. The van der Waals surface area contributed by atoms with Gasteiger partial charge in [0.05, 0.1) is 13.0 Å². The molecule has 4 nitrogen and oxygen atoms in total. The molecule has 2 rings (SSSR count). The molecule has 1 aromatic carbocycles. The summed E-state index contributed by atoms with van der Waals surface area (Å²) in [5.74, 6) is 0.286. The van der Waals surface area contributed by atoms with Gasteiger partial charge in [-0.1, -0.05) is 19.3 Å². The van der Waals surface area contributed by atoms with Gasteiger partial charge in [-0.05, 0) is 57.1 Å². The van der Waals surface area contributed by atoms with Gasteiger partial charge in [0.1, 0.15) is 11.6 Å². The monoisotopic (exact) mass is 336 g/mol. The lowest BCUT2D eigenvalue weighted by molar-refractivity contribution is -0.121. The molecule has 0 heterocycles. The first-order valence-electron chi connectivity index (χ1n) is 9.00. The molecular formula is C19H29FN2O2. The van der Waals surface area contributed by atoms with Crippen molar-refractivity contribution in [1.29, 1.82) is 0 Å². The van der Waals surface area contributed by atoms with Crippen LogP contribution in [0.4, 0.5) is 4.39 Å². The Morgan fingerprint density at radius 2 is 1.96 bits per heavy atom. The van der Waals surface area contributed by atoms with E-state index in [0.717, 1.165) is 19.0 Å². The second-order valence-corrected chi connectivity index (χ2v) is 6.53. The molecule has 1 aliphatic carbocycles. The second kappa shape index (κ2) is 10.3. The van der Waals surface area contributed by atoms with Crippen molar-refractivity contribution in [3.63, 3.8) is 0 Å². The molecule has 0 atom stereocenters. The van der Waals surface area contributed by atoms with E-state index in [2.05, 4.69) is 17.3 Å². The summed E-state index contributed by atoms with van der Waals surface area (Å²) in [5.41, 5.74) is 0. The third kappa shape index (κ3) is 6.87. The lowest BCUT2D eigenvalue weighted by Gasteiger charge is -2.31. The van der Waals surface area contributed by atoms with E-state index in [1.165, 1.54) is 44.2 Å². The van der Waals surface area contributed by atoms with Crippen LogP contribution in [0.15, 0.2) is 24.3 Å². The number of carbonyl (C=O) groups excluding carboxylic acids is 1. The van der Waals surface area contributed by atoms with Crippen molar-refractivity contribution >= 4 is 5.91 Å². The number of hydrogen-bond acceptors (Lipinski definition) is 3. The van der Waals surface area contributed by atoms with Crippen LogP contribution in [0.5, 0.6) is 5.75 Å². The molecule has 0 radical (unpaired) electrons. The summed E-state index contributed by atoms with van der Waals surface area (Å²) in [6, 6.07) is 6.54. The average Bonchev–Trinajstić information content (AvgIpc) is 2.61. The number of amides is 1. The number of carbonyl (C=O) groups is 1. The Hall–Kier alpha value is -1.62. The largest absolute Gasteiger partial charge is 0.493 e. The van der Waals surface area contributed by atoms with Crippen LogP contribution < -0.4 is 10.1 Å². The van der Waals surface area contributed by atoms with Crippen molar-refractivity contribution in [3.8, 4) is 5.75 Å². The number of nitrogens with zero attached hydrogens (tertiary/aromatic N) is 1. The van der Waals surface area contributed by atoms with Crippen molar-refractivity contribution in [3.05, 3.63) is 30.1 Å². The van der Waals surface area contributed by atoms with Gasteiger partial charge in [0, 0.05) is 12.6 Å². The quantitative estimate of drug-likeness (QED) is 0.703. The molecule has 0 aliphatic heterocycles. The highest BCUT2D eigenvalue weighted by molar-refractivity contribution is 5.75. The van der Waals surface area contributed by atoms with Gasteiger partial charge in [-0.3, -0.25) is 4.79 Å². The van der Waals surface area contributed by atoms with E-state index < -0.39 is 0 Å². The summed E-state index contributed by atoms with van der Waals surface area (Å²) in [6.07, 6.45) is 7.97. The average molecular weight is 336 g/mol. The van der Waals surface area contributed by atoms with Crippen molar-refractivity contribution in [2.24, 2.45) is 0 Å². The normalized spacial score (nSPS) is 15.5. The van der Waals surface area contributed by atoms with E-state index in [4.69, 9.17) is 4.74 Å². The predicted octanol–water partition coefficient (Wildman–Crippen LogP) is 3.37. The van der Waals surface area contributed by atoms with Crippen LogP contribution in [0.2, 0.25) is 0 Å². The Morgan fingerprint density at radius 3 is 2.67 bits per heavy atom. The minimum Gasteiger partial charge on any atom is -0.493 e. The SMILES string of the molecule is CN(CCCNC(=O)CCOc1ccc(F)cc1)C1CCCCC1. The van der Waals surface area contributed by atoms with E-state index in [0.29, 0.717) is 25.3 Å². The maximum Gasteiger partial charge on any atom is 0.223 e. The molecule has 1 aliphatic rings. The molecule has 134 valence electrons. The number of halogens is 1. The van der Waals surface area contributed by atoms with Crippen LogP contribution in [0.25, 0.3) is 0 Å². The highest BCUT2D eigenvalue weighted by atomic mass is 19.1. The van der Waals surface area contributed by atoms with Gasteiger partial charge >= 0.3 is 0 Å². The first-order valence-corrected chi connectivity index (χ1v) is 9.00. The lowest BCUT2D eigenvalue weighted by Crippen LogP contribution is -2.36. The zero-order chi connectivity index (χ0) is 17.2. The number of nitrogens with one attached hydrogen (secondary N) is 1. The zero-order valence-corrected chi connectivity index (χ0v) is 14.6. The van der Waals surface area contributed by atoms with Gasteiger partial charge in [-0.2, -0.15) is 0 Å². The van der Waals surface area contributed by atoms with Crippen molar-refractivity contribution < 1.29 is 13.9 Å². The first-order chi connectivity index (χ1) is 11.6. The number of ether oxygens (including phenoxy) is 1. The molecule has 0 spiro atoms. The van der Waals surface area contributed by atoms with E-state index in [9.17, 15) is 9.18 Å². The van der Waals surface area contributed by atoms with Crippen LogP contribution in [-0.2, 0) is 4.79 Å². The summed E-state index contributed by atoms with van der Waals surface area (Å²) in [7, 11) is 2.19. The highest BCUT2D eigenvalue weighted by Crippen LogP contribution is 2.21. The fourth-order valence-corrected chi connectivity index (χ4v) is 3.14. The van der Waals surface area contributed by atoms with E-state index in [1.54, 1.807) is 12.1 Å². The van der Waals surface area contributed by atoms with Crippen LogP contribution in [0.1, 0.15) is 44.9 Å². The minimum atomic E-state index is -0.293. The summed E-state index contributed by atoms with van der Waals surface area (Å²) >= 11 is 0. The van der Waals surface area contributed by atoms with E-state index in [-0.39, 0.29) is 11.7 Å². The topological polar surface area (TPSA) is 41.6 Å². The smallest absolute Gasteiger partial charge is 0.223 e. The van der Waals surface area contributed by atoms with Gasteiger partial charge < -0.3 is 15.0 Å². The molecule has 1 aromatic rings. The summed E-state index contributed by atoms with van der Waals surface area (Å²) in [5, 5.41) is 2.93. The third-order valence-electron chi connectivity index (χ3n) is 4.62. The summed E-state index contributed by atoms with van der Waals surface area (Å²) < 4.78 is 18.2. The summed E-state index contributed by atoms with van der Waals surface area (Å²) in [4.78, 5) is 14.2. The van der Waals surface area contributed by atoms with Gasteiger partial charge in [0.25, 0.3) is 0 Å². The Bertz CT molecular complexity index is 487. The summed E-state index contributed by atoms with van der Waals surface area (Å²) in [6.45, 7) is 2.03. The third-order valence-corrected chi connectivity index (χ3v) is 4.62. The Kier molecular flexibility index (Phi) is 8.02. The molecule has 5 heteroatoms. The maximum atomic E-state index is 12.8. The Labute approximate surface area is 144 Å². The van der Waals surface area contributed by atoms with E-state index in [1.807, 2.05) is 0 Å². The van der Waals surface area contributed by atoms with Gasteiger partial charge in [-0.15, -0.1) is 0 Å². The molecule has 0 saturated heterocycles. The second-order valence-electron chi connectivity index (χ2n) is 6.53. The highest BCUT2D eigenvalue weighted by Gasteiger charge is 2.17. The van der Waals surface area contributed by atoms with Crippen molar-refractivity contribution in [2.45, 2.75) is 51.0 Å². The molecule has 1 N–H and O–H groups in total. The van der Waals surface area contributed by atoms with Gasteiger partial charge in [0.2, 0.25) is 5.91 Å².